The van der Waals surface area contributed by atoms with E-state index in [4.69, 9.17) is 10.2 Å². The Kier molecular flexibility index (Phi) is 5.92. The summed E-state index contributed by atoms with van der Waals surface area (Å²) < 4.78 is 0. The highest BCUT2D eigenvalue weighted by Crippen LogP contribution is 2.02. The molecule has 0 fully saturated rings. The van der Waals surface area contributed by atoms with Crippen LogP contribution in [0.3, 0.4) is 0 Å². The van der Waals surface area contributed by atoms with Crippen LogP contribution in [-0.2, 0) is 6.54 Å². The average molecular weight is 281 g/mol. The zero-order valence-corrected chi connectivity index (χ0v) is 11.5. The highest BCUT2D eigenvalue weighted by molar-refractivity contribution is 5.85. The lowest BCUT2D eigenvalue weighted by Gasteiger charge is -2.26. The highest BCUT2D eigenvalue weighted by atomic mass is 16.4. The minimum absolute atomic E-state index is 0.0188. The molecule has 0 aliphatic carbocycles. The summed E-state index contributed by atoms with van der Waals surface area (Å²) in [6.45, 7) is 4.14. The molecule has 7 nitrogen and oxygen atoms in total. The Morgan fingerprint density at radius 3 is 2.55 bits per heavy atom. The Balaban J connectivity index is 2.57. The first-order valence-electron chi connectivity index (χ1n) is 6.29. The van der Waals surface area contributed by atoms with Gasteiger partial charge in [-0.1, -0.05) is 6.07 Å². The van der Waals surface area contributed by atoms with Crippen LogP contribution in [0, 0.1) is 0 Å². The van der Waals surface area contributed by atoms with Gasteiger partial charge in [0.15, 0.2) is 0 Å². The van der Waals surface area contributed by atoms with Crippen molar-refractivity contribution in [3.8, 4) is 0 Å². The van der Waals surface area contributed by atoms with Gasteiger partial charge in [0.25, 0.3) is 0 Å². The molecular weight excluding hydrogens is 262 g/mol. The van der Waals surface area contributed by atoms with E-state index >= 15 is 0 Å². The third-order valence-corrected chi connectivity index (χ3v) is 2.71. The van der Waals surface area contributed by atoms with Crippen LogP contribution in [0.2, 0.25) is 0 Å². The zero-order chi connectivity index (χ0) is 15.1. The first-order chi connectivity index (χ1) is 9.45. The molecule has 0 aromatic carbocycles. The molecule has 7 heteroatoms. The first kappa shape index (κ1) is 15.9. The number of hydrogen-bond donors (Lipinski definition) is 3. The summed E-state index contributed by atoms with van der Waals surface area (Å²) in [4.78, 5) is 27.8. The van der Waals surface area contributed by atoms with Crippen LogP contribution < -0.4 is 5.32 Å². The number of amides is 2. The fourth-order valence-electron chi connectivity index (χ4n) is 1.64. The van der Waals surface area contributed by atoms with Crippen molar-refractivity contribution in [2.24, 2.45) is 0 Å². The minimum Gasteiger partial charge on any atom is -0.477 e. The maximum Gasteiger partial charge on any atom is 0.354 e. The molecule has 2 amide bonds. The summed E-state index contributed by atoms with van der Waals surface area (Å²) in [5.74, 6) is -1.09. The molecular formula is C13H19N3O4. The second kappa shape index (κ2) is 7.44. The predicted octanol–water partition coefficient (Wildman–Crippen LogP) is 0.692. The molecule has 0 radical (unpaired) electrons. The quantitative estimate of drug-likeness (QED) is 0.712. The summed E-state index contributed by atoms with van der Waals surface area (Å²) in [6, 6.07) is 2.69. The van der Waals surface area contributed by atoms with E-state index in [0.29, 0.717) is 5.56 Å². The van der Waals surface area contributed by atoms with Gasteiger partial charge in [0.2, 0.25) is 0 Å². The molecule has 1 aromatic heterocycles. The first-order valence-corrected chi connectivity index (χ1v) is 6.29. The maximum absolute atomic E-state index is 11.9. The third-order valence-electron chi connectivity index (χ3n) is 2.71. The van der Waals surface area contributed by atoms with Gasteiger partial charge in [0.1, 0.15) is 5.69 Å². The number of pyridine rings is 1. The molecule has 0 bridgehead atoms. The summed E-state index contributed by atoms with van der Waals surface area (Å²) in [6.07, 6.45) is 1.41. The van der Waals surface area contributed by atoms with Gasteiger partial charge in [-0.2, -0.15) is 0 Å². The number of carbonyl (C=O) groups excluding carboxylic acids is 1. The predicted molar refractivity (Wildman–Crippen MR) is 72.4 cm³/mol. The van der Waals surface area contributed by atoms with Crippen molar-refractivity contribution in [1.29, 1.82) is 0 Å². The number of carbonyl (C=O) groups is 2. The molecule has 0 unspecified atom stereocenters. The van der Waals surface area contributed by atoms with Crippen molar-refractivity contribution in [2.45, 2.75) is 26.4 Å². The van der Waals surface area contributed by atoms with Crippen LogP contribution in [0.4, 0.5) is 4.79 Å². The Morgan fingerprint density at radius 1 is 1.40 bits per heavy atom. The highest BCUT2D eigenvalue weighted by Gasteiger charge is 2.15. The lowest BCUT2D eigenvalue weighted by atomic mass is 10.2. The smallest absolute Gasteiger partial charge is 0.354 e. The number of urea groups is 1. The molecule has 20 heavy (non-hydrogen) atoms. The van der Waals surface area contributed by atoms with Crippen molar-refractivity contribution >= 4 is 12.0 Å². The largest absolute Gasteiger partial charge is 0.477 e. The van der Waals surface area contributed by atoms with Gasteiger partial charge in [-0.15, -0.1) is 0 Å². The molecule has 0 aliphatic heterocycles. The third kappa shape index (κ3) is 4.51. The fraction of sp³-hybridized carbons (Fsp3) is 0.462. The van der Waals surface area contributed by atoms with Crippen molar-refractivity contribution in [3.63, 3.8) is 0 Å². The maximum atomic E-state index is 11.9. The van der Waals surface area contributed by atoms with E-state index in [-0.39, 0.29) is 37.5 Å². The van der Waals surface area contributed by atoms with E-state index in [2.05, 4.69) is 10.3 Å². The van der Waals surface area contributed by atoms with Crippen LogP contribution in [0.5, 0.6) is 0 Å². The van der Waals surface area contributed by atoms with E-state index in [0.717, 1.165) is 0 Å². The Bertz CT molecular complexity index is 459. The van der Waals surface area contributed by atoms with Gasteiger partial charge in [-0.05, 0) is 25.5 Å². The summed E-state index contributed by atoms with van der Waals surface area (Å²) in [5, 5.41) is 20.3. The van der Waals surface area contributed by atoms with Crippen molar-refractivity contribution < 1.29 is 19.8 Å². The Hall–Kier alpha value is -2.15. The monoisotopic (exact) mass is 281 g/mol. The summed E-state index contributed by atoms with van der Waals surface area (Å²) >= 11 is 0. The number of carboxylic acid groups (broad SMARTS) is 1. The van der Waals surface area contributed by atoms with E-state index in [1.807, 2.05) is 13.8 Å². The van der Waals surface area contributed by atoms with Gasteiger partial charge >= 0.3 is 12.0 Å². The van der Waals surface area contributed by atoms with E-state index in [1.54, 1.807) is 6.07 Å². The van der Waals surface area contributed by atoms with Crippen LogP contribution in [-0.4, -0.2) is 51.3 Å². The minimum atomic E-state index is -1.09. The molecule has 0 aliphatic rings. The Labute approximate surface area is 117 Å². The van der Waals surface area contributed by atoms with Crippen molar-refractivity contribution in [1.82, 2.24) is 15.2 Å². The number of carboxylic acids is 1. The average Bonchev–Trinajstić information content (AvgIpc) is 2.42. The standard InChI is InChI=1S/C13H19N3O4/c1-9(2)16(5-6-17)13(20)15-8-10-3-4-11(12(18)19)14-7-10/h3-4,7,9,17H,5-6,8H2,1-2H3,(H,15,20)(H,18,19). The molecule has 0 saturated heterocycles. The van der Waals surface area contributed by atoms with Gasteiger partial charge in [-0.25, -0.2) is 14.6 Å². The lowest BCUT2D eigenvalue weighted by molar-refractivity contribution is 0.0690. The summed E-state index contributed by atoms with van der Waals surface area (Å²) in [5.41, 5.74) is 0.667. The van der Waals surface area contributed by atoms with Crippen LogP contribution in [0.25, 0.3) is 0 Å². The molecule has 0 saturated carbocycles. The van der Waals surface area contributed by atoms with E-state index in [1.165, 1.54) is 17.2 Å². The van der Waals surface area contributed by atoms with E-state index < -0.39 is 5.97 Å². The normalized spacial score (nSPS) is 10.4. The van der Waals surface area contributed by atoms with Gasteiger partial charge in [-0.3, -0.25) is 0 Å². The molecule has 1 rings (SSSR count). The van der Waals surface area contributed by atoms with Crippen LogP contribution in [0.15, 0.2) is 18.3 Å². The number of aliphatic hydroxyl groups excluding tert-OH is 1. The number of nitrogens with zero attached hydrogens (tertiary/aromatic N) is 2. The number of rotatable bonds is 6. The molecule has 3 N–H and O–H groups in total. The molecule has 0 spiro atoms. The number of aliphatic hydroxyl groups is 1. The van der Waals surface area contributed by atoms with Gasteiger partial charge < -0.3 is 20.4 Å². The molecule has 1 heterocycles. The van der Waals surface area contributed by atoms with Gasteiger partial charge in [0.05, 0.1) is 6.61 Å². The number of hydrogen-bond acceptors (Lipinski definition) is 4. The Morgan fingerprint density at radius 2 is 2.10 bits per heavy atom. The summed E-state index contributed by atoms with van der Waals surface area (Å²) in [7, 11) is 0. The lowest BCUT2D eigenvalue weighted by Crippen LogP contribution is -2.45. The van der Waals surface area contributed by atoms with Crippen molar-refractivity contribution in [3.05, 3.63) is 29.6 Å². The van der Waals surface area contributed by atoms with Crippen LogP contribution in [0.1, 0.15) is 29.9 Å². The number of aromatic carboxylic acids is 1. The topological polar surface area (TPSA) is 103 Å². The molecule has 1 aromatic rings. The molecule has 0 atom stereocenters. The zero-order valence-electron chi connectivity index (χ0n) is 11.5. The number of aromatic nitrogens is 1. The fourth-order valence-corrected chi connectivity index (χ4v) is 1.64. The molecule has 110 valence electrons. The number of nitrogens with one attached hydrogen (secondary N) is 1. The van der Waals surface area contributed by atoms with Crippen LogP contribution >= 0.6 is 0 Å². The SMILES string of the molecule is CC(C)N(CCO)C(=O)NCc1ccc(C(=O)O)nc1. The van der Waals surface area contributed by atoms with E-state index in [9.17, 15) is 9.59 Å². The van der Waals surface area contributed by atoms with Gasteiger partial charge in [0, 0.05) is 25.3 Å². The second-order valence-electron chi connectivity index (χ2n) is 4.53. The van der Waals surface area contributed by atoms with Crippen molar-refractivity contribution in [2.75, 3.05) is 13.2 Å². The second-order valence-corrected chi connectivity index (χ2v) is 4.53.